The molecule has 0 aliphatic heterocycles. The third-order valence-corrected chi connectivity index (χ3v) is 4.09. The molecule has 0 atom stereocenters. The molecule has 2 amide bonds. The van der Waals surface area contributed by atoms with Gasteiger partial charge in [0.15, 0.2) is 0 Å². The second-order valence-corrected chi connectivity index (χ2v) is 5.97. The SMILES string of the molecule is CCCNC(=O)NS(=O)(=O)c1c[nH]c2cc(N)ccc12. The number of aromatic nitrogens is 1. The predicted molar refractivity (Wildman–Crippen MR) is 76.7 cm³/mol. The standard InChI is InChI=1S/C12H16N4O3S/c1-2-5-14-12(17)16-20(18,19)11-7-15-10-6-8(13)3-4-9(10)11/h3-4,6-7,15H,2,5,13H2,1H3,(H2,14,16,17). The number of aromatic amines is 1. The maximum Gasteiger partial charge on any atom is 0.328 e. The number of anilines is 1. The molecule has 5 N–H and O–H groups in total. The molecule has 0 radical (unpaired) electrons. The van der Waals surface area contributed by atoms with E-state index in [9.17, 15) is 13.2 Å². The van der Waals surface area contributed by atoms with Gasteiger partial charge in [-0.2, -0.15) is 0 Å². The Labute approximate surface area is 116 Å². The van der Waals surface area contributed by atoms with Crippen LogP contribution in [0.1, 0.15) is 13.3 Å². The minimum atomic E-state index is -3.92. The molecule has 1 aromatic heterocycles. The van der Waals surface area contributed by atoms with E-state index in [2.05, 4.69) is 10.3 Å². The summed E-state index contributed by atoms with van der Waals surface area (Å²) in [6.07, 6.45) is 2.05. The van der Waals surface area contributed by atoms with E-state index in [1.165, 1.54) is 6.20 Å². The first-order chi connectivity index (χ1) is 9.44. The van der Waals surface area contributed by atoms with Crippen molar-refractivity contribution in [3.63, 3.8) is 0 Å². The fourth-order valence-electron chi connectivity index (χ4n) is 1.79. The molecular weight excluding hydrogens is 280 g/mol. The number of sulfonamides is 1. The summed E-state index contributed by atoms with van der Waals surface area (Å²) in [7, 11) is -3.92. The molecule has 0 bridgehead atoms. The third kappa shape index (κ3) is 2.85. The van der Waals surface area contributed by atoms with Crippen molar-refractivity contribution in [2.24, 2.45) is 0 Å². The second-order valence-electron chi connectivity index (χ2n) is 4.32. The van der Waals surface area contributed by atoms with Crippen molar-refractivity contribution < 1.29 is 13.2 Å². The molecule has 0 unspecified atom stereocenters. The monoisotopic (exact) mass is 296 g/mol. The second kappa shape index (κ2) is 5.41. The summed E-state index contributed by atoms with van der Waals surface area (Å²) < 4.78 is 26.3. The Balaban J connectivity index is 2.30. The van der Waals surface area contributed by atoms with Crippen molar-refractivity contribution in [2.75, 3.05) is 12.3 Å². The summed E-state index contributed by atoms with van der Waals surface area (Å²) in [6, 6.07) is 4.09. The van der Waals surface area contributed by atoms with Crippen LogP contribution < -0.4 is 15.8 Å². The molecular formula is C12H16N4O3S. The number of nitrogens with two attached hydrogens (primary N) is 1. The van der Waals surface area contributed by atoms with Gasteiger partial charge in [0.25, 0.3) is 10.0 Å². The van der Waals surface area contributed by atoms with Gasteiger partial charge in [-0.1, -0.05) is 6.92 Å². The highest BCUT2D eigenvalue weighted by Crippen LogP contribution is 2.24. The number of carbonyl (C=O) groups is 1. The van der Waals surface area contributed by atoms with E-state index in [1.54, 1.807) is 18.2 Å². The van der Waals surface area contributed by atoms with Gasteiger partial charge in [0.05, 0.1) is 0 Å². The normalized spacial score (nSPS) is 11.4. The van der Waals surface area contributed by atoms with Gasteiger partial charge >= 0.3 is 6.03 Å². The lowest BCUT2D eigenvalue weighted by Crippen LogP contribution is -2.39. The molecule has 0 saturated carbocycles. The number of rotatable bonds is 4. The van der Waals surface area contributed by atoms with E-state index >= 15 is 0 Å². The van der Waals surface area contributed by atoms with Crippen LogP contribution in [0.25, 0.3) is 10.9 Å². The summed E-state index contributed by atoms with van der Waals surface area (Å²) >= 11 is 0. The third-order valence-electron chi connectivity index (χ3n) is 2.72. The molecule has 2 rings (SSSR count). The lowest BCUT2D eigenvalue weighted by Gasteiger charge is -2.07. The smallest absolute Gasteiger partial charge is 0.328 e. The van der Waals surface area contributed by atoms with Gasteiger partial charge in [0.2, 0.25) is 0 Å². The fraction of sp³-hybridized carbons (Fsp3) is 0.250. The highest BCUT2D eigenvalue weighted by Gasteiger charge is 2.21. The van der Waals surface area contributed by atoms with Crippen LogP contribution in [0.2, 0.25) is 0 Å². The van der Waals surface area contributed by atoms with Crippen molar-refractivity contribution in [2.45, 2.75) is 18.2 Å². The summed E-state index contributed by atoms with van der Waals surface area (Å²) in [5.41, 5.74) is 6.75. The number of nitrogen functional groups attached to an aromatic ring is 1. The summed E-state index contributed by atoms with van der Waals surface area (Å²) in [5.74, 6) is 0. The molecule has 0 spiro atoms. The van der Waals surface area contributed by atoms with Crippen LogP contribution in [-0.4, -0.2) is 26.0 Å². The lowest BCUT2D eigenvalue weighted by atomic mass is 10.2. The predicted octanol–water partition coefficient (Wildman–Crippen LogP) is 1.15. The molecule has 0 fully saturated rings. The van der Waals surface area contributed by atoms with Crippen LogP contribution in [0.4, 0.5) is 10.5 Å². The van der Waals surface area contributed by atoms with Crippen molar-refractivity contribution in [3.8, 4) is 0 Å². The summed E-state index contributed by atoms with van der Waals surface area (Å²) in [6.45, 7) is 2.28. The van der Waals surface area contributed by atoms with Gasteiger partial charge in [-0.3, -0.25) is 0 Å². The Morgan fingerprint density at radius 3 is 2.85 bits per heavy atom. The molecule has 0 aliphatic rings. The Morgan fingerprint density at radius 1 is 1.40 bits per heavy atom. The Hall–Kier alpha value is -2.22. The van der Waals surface area contributed by atoms with E-state index in [0.717, 1.165) is 6.42 Å². The molecule has 0 aliphatic carbocycles. The first-order valence-electron chi connectivity index (χ1n) is 6.11. The van der Waals surface area contributed by atoms with E-state index in [0.29, 0.717) is 23.1 Å². The van der Waals surface area contributed by atoms with Crippen molar-refractivity contribution in [3.05, 3.63) is 24.4 Å². The number of hydrogen-bond acceptors (Lipinski definition) is 4. The molecule has 2 aromatic rings. The first kappa shape index (κ1) is 14.2. The first-order valence-corrected chi connectivity index (χ1v) is 7.59. The molecule has 108 valence electrons. The number of fused-ring (bicyclic) bond motifs is 1. The Morgan fingerprint density at radius 2 is 2.15 bits per heavy atom. The molecule has 0 saturated heterocycles. The van der Waals surface area contributed by atoms with Gasteiger partial charge in [0, 0.05) is 29.3 Å². The minimum Gasteiger partial charge on any atom is -0.399 e. The molecule has 7 nitrogen and oxygen atoms in total. The number of urea groups is 1. The highest BCUT2D eigenvalue weighted by atomic mass is 32.2. The van der Waals surface area contributed by atoms with Gasteiger partial charge in [-0.05, 0) is 24.6 Å². The topological polar surface area (TPSA) is 117 Å². The number of hydrogen-bond donors (Lipinski definition) is 4. The molecule has 8 heteroatoms. The van der Waals surface area contributed by atoms with E-state index in [4.69, 9.17) is 5.73 Å². The number of benzene rings is 1. The largest absolute Gasteiger partial charge is 0.399 e. The van der Waals surface area contributed by atoms with Crippen LogP contribution >= 0.6 is 0 Å². The van der Waals surface area contributed by atoms with Gasteiger partial charge in [-0.15, -0.1) is 0 Å². The van der Waals surface area contributed by atoms with Crippen LogP contribution in [0.5, 0.6) is 0 Å². The zero-order chi connectivity index (χ0) is 14.8. The van der Waals surface area contributed by atoms with E-state index in [-0.39, 0.29) is 4.90 Å². The average Bonchev–Trinajstić information content (AvgIpc) is 2.79. The van der Waals surface area contributed by atoms with E-state index < -0.39 is 16.1 Å². The zero-order valence-electron chi connectivity index (χ0n) is 10.9. The van der Waals surface area contributed by atoms with Gasteiger partial charge in [0.1, 0.15) is 4.90 Å². The maximum absolute atomic E-state index is 12.1. The number of carbonyl (C=O) groups excluding carboxylic acids is 1. The Kier molecular flexibility index (Phi) is 3.84. The quantitative estimate of drug-likeness (QED) is 0.633. The number of nitrogens with one attached hydrogen (secondary N) is 3. The molecule has 1 heterocycles. The minimum absolute atomic E-state index is 0.0131. The van der Waals surface area contributed by atoms with Gasteiger partial charge < -0.3 is 16.0 Å². The maximum atomic E-state index is 12.1. The number of H-pyrrole nitrogens is 1. The van der Waals surface area contributed by atoms with Crippen molar-refractivity contribution >= 4 is 32.6 Å². The highest BCUT2D eigenvalue weighted by molar-refractivity contribution is 7.90. The van der Waals surface area contributed by atoms with Gasteiger partial charge in [-0.25, -0.2) is 17.9 Å². The fourth-order valence-corrected chi connectivity index (χ4v) is 2.90. The zero-order valence-corrected chi connectivity index (χ0v) is 11.8. The van der Waals surface area contributed by atoms with Crippen LogP contribution in [0.15, 0.2) is 29.3 Å². The Bertz CT molecular complexity index is 736. The van der Waals surface area contributed by atoms with Crippen molar-refractivity contribution in [1.82, 2.24) is 15.0 Å². The number of amides is 2. The van der Waals surface area contributed by atoms with E-state index in [1.807, 2.05) is 11.6 Å². The van der Waals surface area contributed by atoms with Crippen molar-refractivity contribution in [1.29, 1.82) is 0 Å². The summed E-state index contributed by atoms with van der Waals surface area (Å²) in [4.78, 5) is 14.3. The van der Waals surface area contributed by atoms with Crippen LogP contribution in [0.3, 0.4) is 0 Å². The van der Waals surface area contributed by atoms with Crippen LogP contribution in [-0.2, 0) is 10.0 Å². The molecule has 1 aromatic carbocycles. The molecule has 20 heavy (non-hydrogen) atoms. The van der Waals surface area contributed by atoms with Crippen LogP contribution in [0, 0.1) is 0 Å². The lowest BCUT2D eigenvalue weighted by molar-refractivity contribution is 0.246. The summed E-state index contributed by atoms with van der Waals surface area (Å²) in [5, 5.41) is 2.93. The average molecular weight is 296 g/mol.